The Morgan fingerprint density at radius 3 is 2.29 bits per heavy atom. The summed E-state index contributed by atoms with van der Waals surface area (Å²) < 4.78 is 5.90. The van der Waals surface area contributed by atoms with Gasteiger partial charge in [-0.25, -0.2) is 0 Å². The fraction of sp³-hybridized carbons (Fsp3) is 0.500. The van der Waals surface area contributed by atoms with Crippen LogP contribution in [0.2, 0.25) is 9.36 Å². The van der Waals surface area contributed by atoms with Crippen molar-refractivity contribution in [1.82, 2.24) is 0 Å². The van der Waals surface area contributed by atoms with Gasteiger partial charge in [0.2, 0.25) is 0 Å². The average Bonchev–Trinajstić information content (AvgIpc) is 2.51. The van der Waals surface area contributed by atoms with Crippen LogP contribution in [0, 0.1) is 0 Å². The molecule has 91 valence electrons. The van der Waals surface area contributed by atoms with Crippen LogP contribution in [0.15, 0.2) is 23.8 Å². The van der Waals surface area contributed by atoms with Crippen molar-refractivity contribution in [3.63, 3.8) is 0 Å². The number of fused-ring (bicyclic) bond motifs is 1. The molecule has 0 saturated carbocycles. The van der Waals surface area contributed by atoms with Gasteiger partial charge in [0.1, 0.15) is 0 Å². The van der Waals surface area contributed by atoms with Gasteiger partial charge in [-0.05, 0) is 0 Å². The molecular weight excluding hydrogens is 371 g/mol. The number of allylic oxidation sites excluding steroid dienone is 1. The Bertz CT molecular complexity index is 461. The minimum atomic E-state index is -1.38. The molecule has 0 fully saturated rings. The fourth-order valence-electron chi connectivity index (χ4n) is 2.97. The molecule has 0 radical (unpaired) electrons. The molecule has 1 heteroatoms. The molecule has 1 aromatic rings. The van der Waals surface area contributed by atoms with E-state index in [1.54, 1.807) is 11.1 Å². The van der Waals surface area contributed by atoms with Crippen molar-refractivity contribution < 1.29 is 21.4 Å². The third-order valence-electron chi connectivity index (χ3n) is 3.66. The molecule has 0 aliphatic heterocycles. The quantitative estimate of drug-likeness (QED) is 0.578. The van der Waals surface area contributed by atoms with E-state index in [1.807, 2.05) is 0 Å². The zero-order chi connectivity index (χ0) is 12.8. The summed E-state index contributed by atoms with van der Waals surface area (Å²) in [5.74, 6) is 0. The summed E-state index contributed by atoms with van der Waals surface area (Å²) in [4.78, 5) is 0. The molecule has 0 bridgehead atoms. The first kappa shape index (κ1) is 13.3. The molecule has 0 heterocycles. The van der Waals surface area contributed by atoms with Gasteiger partial charge in [-0.1, -0.05) is 0 Å². The van der Waals surface area contributed by atoms with Gasteiger partial charge in [-0.2, -0.15) is 0 Å². The van der Waals surface area contributed by atoms with Crippen LogP contribution in [0.5, 0.6) is 0 Å². The summed E-state index contributed by atoms with van der Waals surface area (Å²) in [7, 11) is 0. The maximum atomic E-state index is 2.53. The number of hydrogen-bond donors (Lipinski definition) is 0. The van der Waals surface area contributed by atoms with E-state index in [0.29, 0.717) is 0 Å². The second-order valence-electron chi connectivity index (χ2n) is 6.46. The second-order valence-corrected chi connectivity index (χ2v) is 16.3. The monoisotopic (exact) mass is 395 g/mol. The number of hydrogen-bond acceptors (Lipinski definition) is 0. The Hall–Kier alpha value is -0.170. The minimum absolute atomic E-state index is 0.254. The van der Waals surface area contributed by atoms with Crippen molar-refractivity contribution in [1.29, 1.82) is 0 Å². The Morgan fingerprint density at radius 2 is 1.76 bits per heavy atom. The topological polar surface area (TPSA) is 0 Å². The maximum absolute atomic E-state index is 2.53. The molecule has 1 aliphatic carbocycles. The average molecular weight is 394 g/mol. The van der Waals surface area contributed by atoms with Gasteiger partial charge in [-0.15, -0.1) is 0 Å². The third-order valence-corrected chi connectivity index (χ3v) is 10.6. The van der Waals surface area contributed by atoms with Crippen LogP contribution in [0.4, 0.5) is 0 Å². The van der Waals surface area contributed by atoms with Gasteiger partial charge in [0.25, 0.3) is 0 Å². The predicted molar refractivity (Wildman–Crippen MR) is 73.3 cm³/mol. The summed E-state index contributed by atoms with van der Waals surface area (Å²) in [5.41, 5.74) is 6.55. The van der Waals surface area contributed by atoms with Gasteiger partial charge < -0.3 is 0 Å². The Labute approximate surface area is 114 Å². The SMILES string of the molecule is CC1=Cc2c(cccc2C(C)(C)C)[CH]1[Hf]([CH3])[CH3]. The Balaban J connectivity index is 2.60. The van der Waals surface area contributed by atoms with Crippen LogP contribution in [-0.4, -0.2) is 0 Å². The van der Waals surface area contributed by atoms with Crippen LogP contribution >= 0.6 is 0 Å². The third kappa shape index (κ3) is 2.36. The predicted octanol–water partition coefficient (Wildman–Crippen LogP) is 5.16. The molecule has 1 unspecified atom stereocenters. The van der Waals surface area contributed by atoms with Crippen molar-refractivity contribution in [2.75, 3.05) is 0 Å². The zero-order valence-corrected chi connectivity index (χ0v) is 15.5. The molecule has 0 spiro atoms. The molecule has 1 atom stereocenters. The Kier molecular flexibility index (Phi) is 3.51. The first-order chi connectivity index (χ1) is 7.82. The van der Waals surface area contributed by atoms with E-state index >= 15 is 0 Å². The summed E-state index contributed by atoms with van der Waals surface area (Å²) in [5, 5.41) is 0. The summed E-state index contributed by atoms with van der Waals surface area (Å²) in [6.07, 6.45) is 2.46. The number of rotatable bonds is 1. The van der Waals surface area contributed by atoms with Crippen molar-refractivity contribution in [3.8, 4) is 0 Å². The molecular formula is C16H23Hf. The van der Waals surface area contributed by atoms with Crippen LogP contribution in [0.1, 0.15) is 48.1 Å². The first-order valence-electron chi connectivity index (χ1n) is 6.44. The molecule has 1 aromatic carbocycles. The second kappa shape index (κ2) is 4.50. The molecule has 0 nitrogen and oxygen atoms in total. The number of benzene rings is 1. The summed E-state index contributed by atoms with van der Waals surface area (Å²) >= 11 is -1.38. The summed E-state index contributed by atoms with van der Waals surface area (Å²) in [6, 6.07) is 6.93. The van der Waals surface area contributed by atoms with Gasteiger partial charge in [0, 0.05) is 0 Å². The van der Waals surface area contributed by atoms with E-state index in [9.17, 15) is 0 Å². The van der Waals surface area contributed by atoms with E-state index in [1.165, 1.54) is 11.1 Å². The molecule has 1 aliphatic rings. The van der Waals surface area contributed by atoms with Crippen molar-refractivity contribution in [2.24, 2.45) is 0 Å². The zero-order valence-electron chi connectivity index (χ0n) is 11.9. The van der Waals surface area contributed by atoms with E-state index in [-0.39, 0.29) is 5.41 Å². The van der Waals surface area contributed by atoms with Crippen molar-refractivity contribution in [3.05, 3.63) is 40.5 Å². The van der Waals surface area contributed by atoms with Gasteiger partial charge >= 0.3 is 114 Å². The van der Waals surface area contributed by atoms with Crippen molar-refractivity contribution in [2.45, 2.75) is 46.1 Å². The van der Waals surface area contributed by atoms with E-state index in [4.69, 9.17) is 0 Å². The van der Waals surface area contributed by atoms with E-state index < -0.39 is 21.4 Å². The van der Waals surface area contributed by atoms with Crippen LogP contribution in [0.25, 0.3) is 6.08 Å². The molecule has 0 amide bonds. The van der Waals surface area contributed by atoms with Crippen LogP contribution in [-0.2, 0) is 26.9 Å². The van der Waals surface area contributed by atoms with Gasteiger partial charge in [0.05, 0.1) is 0 Å². The van der Waals surface area contributed by atoms with Gasteiger partial charge in [-0.3, -0.25) is 0 Å². The van der Waals surface area contributed by atoms with Crippen LogP contribution in [0.3, 0.4) is 0 Å². The van der Waals surface area contributed by atoms with Gasteiger partial charge in [0.15, 0.2) is 0 Å². The van der Waals surface area contributed by atoms with Crippen molar-refractivity contribution >= 4 is 6.08 Å². The molecule has 2 rings (SSSR count). The fourth-order valence-corrected chi connectivity index (χ4v) is 9.68. The van der Waals surface area contributed by atoms with E-state index in [2.05, 4.69) is 61.3 Å². The standard InChI is InChI=1S/C14H17.2CH3.Hf/c1-10-8-11-6-5-7-13(12(11)9-10)14(2,3)4;;;/h5-9H,1-4H3;2*1H3;. The molecule has 0 saturated heterocycles. The van der Waals surface area contributed by atoms with Crippen LogP contribution < -0.4 is 0 Å². The summed E-state index contributed by atoms with van der Waals surface area (Å²) in [6.45, 7) is 9.28. The Morgan fingerprint density at radius 1 is 1.12 bits per heavy atom. The van der Waals surface area contributed by atoms with E-state index in [0.717, 1.165) is 3.67 Å². The first-order valence-corrected chi connectivity index (χ1v) is 15.7. The molecule has 17 heavy (non-hydrogen) atoms. The molecule has 0 aromatic heterocycles. The normalized spacial score (nSPS) is 18.9. The molecule has 0 N–H and O–H groups in total.